The minimum atomic E-state index is -0.590. The van der Waals surface area contributed by atoms with Gasteiger partial charge in [0.05, 0.1) is 12.1 Å². The van der Waals surface area contributed by atoms with Gasteiger partial charge in [-0.15, -0.1) is 0 Å². The van der Waals surface area contributed by atoms with Crippen LogP contribution in [0.4, 0.5) is 0 Å². The monoisotopic (exact) mass is 535 g/mol. The van der Waals surface area contributed by atoms with Crippen LogP contribution in [-0.4, -0.2) is 52.8 Å². The topological polar surface area (TPSA) is 112 Å². The first-order chi connectivity index (χ1) is 19.0. The number of nitrogens with one attached hydrogen (secondary N) is 2. The molecule has 0 radical (unpaired) electrons. The molecule has 2 unspecified atom stereocenters. The van der Waals surface area contributed by atoms with Gasteiger partial charge < -0.3 is 20.8 Å². The first-order valence-corrected chi connectivity index (χ1v) is 13.6. The van der Waals surface area contributed by atoms with Crippen molar-refractivity contribution < 1.29 is 19.8 Å². The fourth-order valence-electron chi connectivity index (χ4n) is 4.08. The maximum Gasteiger partial charge on any atom is 0.251 e. The Bertz CT molecular complexity index is 1070. The van der Waals surface area contributed by atoms with Gasteiger partial charge in [-0.05, 0) is 49.5 Å². The number of hydrogen-bond acceptors (Lipinski definition) is 5. The molecule has 2 aromatic rings. The zero-order chi connectivity index (χ0) is 29.0. The number of carbonyl (C=O) groups is 2. The maximum absolute atomic E-state index is 12.6. The number of aliphatic hydroxyl groups excluding tert-OH is 2. The van der Waals surface area contributed by atoms with Gasteiger partial charge in [0.25, 0.3) is 5.91 Å². The Morgan fingerprint density at radius 2 is 1.67 bits per heavy atom. The fraction of sp³-hybridized carbons (Fsp3) is 0.406. The van der Waals surface area contributed by atoms with Crippen LogP contribution in [0.25, 0.3) is 0 Å². The van der Waals surface area contributed by atoms with Crippen molar-refractivity contribution in [3.05, 3.63) is 101 Å². The summed E-state index contributed by atoms with van der Waals surface area (Å²) >= 11 is 0. The molecule has 7 nitrogen and oxygen atoms in total. The van der Waals surface area contributed by atoms with Crippen molar-refractivity contribution in [2.24, 2.45) is 5.92 Å². The molecular weight excluding hydrogens is 490 g/mol. The standard InChI is InChI=1S/C22H27N3O3.C7H8.C2H6.CH4O/c1-15(6-5-11-24-22(28)16-9-12-23-13-10-16)21(27)25-20-18-8-4-2-3-7-17(18)14-19(20)26;1-7-5-3-2-4-6-7;2*1-2/h3-4,7-10,12-13,15,19-20,26H,2,5-6,11,14H2,1H3,(H,24,28)(H,25,27);2-6H,1H3;1-2H3;2H,1H3/t15?,19?,20-;;;/m0.../s1. The number of carbonyl (C=O) groups excluding carboxylic acids is 2. The second-order valence-electron chi connectivity index (χ2n) is 8.97. The van der Waals surface area contributed by atoms with Crippen molar-refractivity contribution >= 4 is 11.8 Å². The molecule has 1 heterocycles. The van der Waals surface area contributed by atoms with Gasteiger partial charge in [-0.3, -0.25) is 14.6 Å². The average molecular weight is 536 g/mol. The highest BCUT2D eigenvalue weighted by atomic mass is 16.3. The Labute approximate surface area is 233 Å². The van der Waals surface area contributed by atoms with Crippen molar-refractivity contribution in [1.29, 1.82) is 0 Å². The Kier molecular flexibility index (Phi) is 16.7. The minimum Gasteiger partial charge on any atom is -0.400 e. The molecule has 7 heteroatoms. The number of amides is 2. The van der Waals surface area contributed by atoms with Crippen LogP contribution < -0.4 is 10.6 Å². The number of aliphatic hydroxyl groups is 2. The van der Waals surface area contributed by atoms with Gasteiger partial charge in [0.2, 0.25) is 5.91 Å². The summed E-state index contributed by atoms with van der Waals surface area (Å²) in [4.78, 5) is 28.5. The van der Waals surface area contributed by atoms with Crippen molar-refractivity contribution in [2.45, 2.75) is 65.5 Å². The number of aryl methyl sites for hydroxylation is 1. The van der Waals surface area contributed by atoms with E-state index in [9.17, 15) is 14.7 Å². The molecule has 4 N–H and O–H groups in total. The predicted octanol–water partition coefficient (Wildman–Crippen LogP) is 4.92. The molecule has 39 heavy (non-hydrogen) atoms. The second-order valence-corrected chi connectivity index (χ2v) is 8.97. The summed E-state index contributed by atoms with van der Waals surface area (Å²) in [6, 6.07) is 13.2. The summed E-state index contributed by atoms with van der Waals surface area (Å²) in [5.41, 5.74) is 4.00. The van der Waals surface area contributed by atoms with Crippen LogP contribution in [0.3, 0.4) is 0 Å². The molecule has 2 amide bonds. The molecule has 0 bridgehead atoms. The molecule has 0 saturated carbocycles. The first-order valence-electron chi connectivity index (χ1n) is 13.6. The highest BCUT2D eigenvalue weighted by Gasteiger charge is 2.33. The lowest BCUT2D eigenvalue weighted by molar-refractivity contribution is -0.125. The fourth-order valence-corrected chi connectivity index (χ4v) is 4.08. The van der Waals surface area contributed by atoms with Gasteiger partial charge in [0, 0.05) is 44.0 Å². The third-order valence-corrected chi connectivity index (χ3v) is 6.14. The van der Waals surface area contributed by atoms with Crippen LogP contribution >= 0.6 is 0 Å². The molecule has 2 aliphatic rings. The summed E-state index contributed by atoms with van der Waals surface area (Å²) < 4.78 is 0. The summed E-state index contributed by atoms with van der Waals surface area (Å²) in [7, 11) is 1.00. The van der Waals surface area contributed by atoms with E-state index in [0.717, 1.165) is 24.7 Å². The number of aromatic nitrogens is 1. The quantitative estimate of drug-likeness (QED) is 0.376. The molecular formula is C32H45N3O4. The predicted molar refractivity (Wildman–Crippen MR) is 158 cm³/mol. The lowest BCUT2D eigenvalue weighted by Gasteiger charge is -2.21. The lowest BCUT2D eigenvalue weighted by atomic mass is 10.0. The number of benzene rings is 1. The lowest BCUT2D eigenvalue weighted by Crippen LogP contribution is -2.44. The highest BCUT2D eigenvalue weighted by molar-refractivity contribution is 5.93. The zero-order valence-corrected chi connectivity index (χ0v) is 23.9. The summed E-state index contributed by atoms with van der Waals surface area (Å²) in [6.45, 7) is 8.47. The number of pyridine rings is 1. The van der Waals surface area contributed by atoms with E-state index in [2.05, 4.69) is 40.8 Å². The molecule has 1 aromatic carbocycles. The molecule has 4 rings (SSSR count). The van der Waals surface area contributed by atoms with Crippen LogP contribution in [0.5, 0.6) is 0 Å². The third kappa shape index (κ3) is 11.8. The molecule has 0 spiro atoms. The molecule has 2 aliphatic carbocycles. The van der Waals surface area contributed by atoms with E-state index in [0.29, 0.717) is 31.4 Å². The molecule has 1 aromatic heterocycles. The van der Waals surface area contributed by atoms with E-state index in [1.807, 2.05) is 57.2 Å². The van der Waals surface area contributed by atoms with E-state index in [1.165, 1.54) is 5.56 Å². The van der Waals surface area contributed by atoms with Crippen molar-refractivity contribution in [1.82, 2.24) is 15.6 Å². The van der Waals surface area contributed by atoms with Crippen LogP contribution in [0.15, 0.2) is 90.3 Å². The van der Waals surface area contributed by atoms with Crippen LogP contribution in [0, 0.1) is 12.8 Å². The Morgan fingerprint density at radius 1 is 1.03 bits per heavy atom. The first kappa shape index (κ1) is 33.5. The van der Waals surface area contributed by atoms with E-state index in [1.54, 1.807) is 24.5 Å². The minimum absolute atomic E-state index is 0.0695. The zero-order valence-electron chi connectivity index (χ0n) is 23.9. The SMILES string of the molecule is CC.CC(CCCNC(=O)c1ccncc1)C(=O)N[C@H]1C2=C(C=CCC=C2)CC1O.CO.Cc1ccccc1. The molecule has 0 saturated heterocycles. The number of rotatable bonds is 7. The van der Waals surface area contributed by atoms with Crippen molar-refractivity contribution in [2.75, 3.05) is 13.7 Å². The maximum atomic E-state index is 12.6. The molecule has 212 valence electrons. The number of allylic oxidation sites excluding steroid dienone is 3. The van der Waals surface area contributed by atoms with Gasteiger partial charge >= 0.3 is 0 Å². The van der Waals surface area contributed by atoms with Gasteiger partial charge in [-0.2, -0.15) is 0 Å². The van der Waals surface area contributed by atoms with Gasteiger partial charge in [-0.1, -0.05) is 81.0 Å². The third-order valence-electron chi connectivity index (χ3n) is 6.14. The van der Waals surface area contributed by atoms with Gasteiger partial charge in [0.1, 0.15) is 0 Å². The Morgan fingerprint density at radius 3 is 2.28 bits per heavy atom. The molecule has 0 aliphatic heterocycles. The van der Waals surface area contributed by atoms with Gasteiger partial charge in [-0.25, -0.2) is 0 Å². The van der Waals surface area contributed by atoms with Crippen molar-refractivity contribution in [3.63, 3.8) is 0 Å². The van der Waals surface area contributed by atoms with Gasteiger partial charge in [0.15, 0.2) is 0 Å². The second kappa shape index (κ2) is 19.5. The van der Waals surface area contributed by atoms with Crippen LogP contribution in [-0.2, 0) is 4.79 Å². The molecule has 3 atom stereocenters. The number of hydrogen-bond donors (Lipinski definition) is 4. The summed E-state index contributed by atoms with van der Waals surface area (Å²) in [5.74, 6) is -0.402. The van der Waals surface area contributed by atoms with E-state index >= 15 is 0 Å². The average Bonchev–Trinajstić information content (AvgIpc) is 3.11. The van der Waals surface area contributed by atoms with Crippen LogP contribution in [0.1, 0.15) is 62.4 Å². The number of nitrogens with zero attached hydrogens (tertiary/aromatic N) is 1. The highest BCUT2D eigenvalue weighted by Crippen LogP contribution is 2.31. The van der Waals surface area contributed by atoms with E-state index in [4.69, 9.17) is 5.11 Å². The van der Waals surface area contributed by atoms with E-state index in [-0.39, 0.29) is 23.8 Å². The Hall–Kier alpha value is -3.55. The van der Waals surface area contributed by atoms with E-state index < -0.39 is 6.10 Å². The normalized spacial score (nSPS) is 17.5. The van der Waals surface area contributed by atoms with Crippen LogP contribution in [0.2, 0.25) is 0 Å². The summed E-state index contributed by atoms with van der Waals surface area (Å²) in [6.07, 6.45) is 13.5. The largest absolute Gasteiger partial charge is 0.400 e. The smallest absolute Gasteiger partial charge is 0.251 e. The summed E-state index contributed by atoms with van der Waals surface area (Å²) in [5, 5.41) is 23.2. The molecule has 0 fully saturated rings. The Balaban J connectivity index is 0.000000585. The van der Waals surface area contributed by atoms with Crippen molar-refractivity contribution in [3.8, 4) is 0 Å².